The SMILES string of the molecule is CCCSc1nccc(C)n1.CN(C)C(=O)CN(C=O)c1cc(C2CC2)cn2cc(CNC(/C=C(\N)NC=O)=C/N)nc12. The van der Waals surface area contributed by atoms with Gasteiger partial charge in [-0.15, -0.1) is 0 Å². The van der Waals surface area contributed by atoms with E-state index in [4.69, 9.17) is 11.5 Å². The van der Waals surface area contributed by atoms with Crippen LogP contribution in [-0.4, -0.2) is 69.4 Å². The average Bonchev–Trinajstić information content (AvgIpc) is 3.76. The van der Waals surface area contributed by atoms with Crippen molar-refractivity contribution in [2.24, 2.45) is 11.5 Å². The highest BCUT2D eigenvalue weighted by molar-refractivity contribution is 7.99. The summed E-state index contributed by atoms with van der Waals surface area (Å²) in [5.74, 6) is 1.50. The number of likely N-dealkylation sites (N-methyl/N-ethyl adjacent to an activating group) is 1. The maximum Gasteiger partial charge on any atom is 0.242 e. The van der Waals surface area contributed by atoms with Crippen molar-refractivity contribution in [3.8, 4) is 0 Å². The van der Waals surface area contributed by atoms with Crippen LogP contribution in [0.3, 0.4) is 0 Å². The number of amides is 3. The minimum Gasteiger partial charge on any atom is -0.403 e. The fourth-order valence-corrected chi connectivity index (χ4v) is 4.60. The smallest absolute Gasteiger partial charge is 0.242 e. The van der Waals surface area contributed by atoms with Crippen LogP contribution in [0.25, 0.3) is 5.65 Å². The molecule has 1 saturated carbocycles. The number of imidazole rings is 1. The third kappa shape index (κ3) is 10.0. The Balaban J connectivity index is 0.000000386. The number of pyridine rings is 1. The van der Waals surface area contributed by atoms with Crippen LogP contribution in [0.15, 0.2) is 59.7 Å². The summed E-state index contributed by atoms with van der Waals surface area (Å²) in [4.78, 5) is 50.5. The molecule has 0 spiro atoms. The van der Waals surface area contributed by atoms with Gasteiger partial charge in [-0.05, 0) is 49.8 Å². The molecular formula is C29H40N10O3S. The van der Waals surface area contributed by atoms with E-state index < -0.39 is 0 Å². The van der Waals surface area contributed by atoms with Gasteiger partial charge in [-0.3, -0.25) is 14.4 Å². The van der Waals surface area contributed by atoms with Gasteiger partial charge in [0.15, 0.2) is 10.8 Å². The molecule has 230 valence electrons. The number of carbonyl (C=O) groups is 3. The molecule has 1 aliphatic carbocycles. The molecule has 1 aliphatic rings. The number of nitrogens with two attached hydrogens (primary N) is 2. The molecule has 0 saturated heterocycles. The Morgan fingerprint density at radius 2 is 2.00 bits per heavy atom. The van der Waals surface area contributed by atoms with Crippen molar-refractivity contribution in [2.75, 3.05) is 31.3 Å². The lowest BCUT2D eigenvalue weighted by Crippen LogP contribution is -2.36. The summed E-state index contributed by atoms with van der Waals surface area (Å²) in [7, 11) is 3.30. The number of rotatable bonds is 14. The maximum absolute atomic E-state index is 12.2. The van der Waals surface area contributed by atoms with Crippen LogP contribution in [0, 0.1) is 6.92 Å². The quantitative estimate of drug-likeness (QED) is 0.0916. The molecule has 1 fully saturated rings. The Morgan fingerprint density at radius 1 is 1.23 bits per heavy atom. The topological polar surface area (TPSA) is 177 Å². The number of anilines is 1. The van der Waals surface area contributed by atoms with Gasteiger partial charge in [-0.25, -0.2) is 15.0 Å². The van der Waals surface area contributed by atoms with Gasteiger partial charge in [0.05, 0.1) is 23.6 Å². The van der Waals surface area contributed by atoms with Crippen molar-refractivity contribution in [1.82, 2.24) is 34.9 Å². The molecule has 3 aromatic heterocycles. The molecule has 0 unspecified atom stereocenters. The number of hydrogen-bond donors (Lipinski definition) is 4. The normalized spacial score (nSPS) is 13.1. The molecule has 0 atom stereocenters. The van der Waals surface area contributed by atoms with E-state index in [-0.39, 0.29) is 18.3 Å². The zero-order valence-corrected chi connectivity index (χ0v) is 25.8. The summed E-state index contributed by atoms with van der Waals surface area (Å²) in [6.45, 7) is 4.39. The van der Waals surface area contributed by atoms with E-state index in [1.54, 1.807) is 32.1 Å². The molecule has 0 aliphatic heterocycles. The van der Waals surface area contributed by atoms with Crippen molar-refractivity contribution in [3.63, 3.8) is 0 Å². The summed E-state index contributed by atoms with van der Waals surface area (Å²) in [5, 5.41) is 6.33. The number of fused-ring (bicyclic) bond motifs is 1. The number of aromatic nitrogens is 4. The molecule has 13 nitrogen and oxygen atoms in total. The third-order valence-electron chi connectivity index (χ3n) is 6.29. The first-order valence-electron chi connectivity index (χ1n) is 13.9. The number of nitrogens with one attached hydrogen (secondary N) is 2. The lowest BCUT2D eigenvalue weighted by molar-refractivity contribution is -0.128. The second kappa shape index (κ2) is 16.2. The van der Waals surface area contributed by atoms with Gasteiger partial charge in [-0.2, -0.15) is 0 Å². The standard InChI is InChI=1S/C21H28N8O3.C8H12N2S/c1-27(2)20(32)11-29(13-31)18-5-15(14-3-4-14)9-28-10-17(26-21(18)28)8-24-16(7-22)6-19(23)25-12-30;1-3-6-11-8-9-5-4-7(2)10-8/h5-7,9-10,12-14,24H,3-4,8,11,22-23H2,1-2H3,(H,25,30);4-5H,3,6H2,1-2H3/b16-7+,19-6+;. The van der Waals surface area contributed by atoms with Gasteiger partial charge in [-0.1, -0.05) is 18.7 Å². The fraction of sp³-hybridized carbons (Fsp3) is 0.379. The Hall–Kier alpha value is -4.59. The summed E-state index contributed by atoms with van der Waals surface area (Å²) in [5.41, 5.74) is 15.8. The molecule has 0 bridgehead atoms. The number of allylic oxidation sites excluding steroid dienone is 1. The first kappa shape index (κ1) is 32.9. The second-order valence-corrected chi connectivity index (χ2v) is 11.1. The highest BCUT2D eigenvalue weighted by atomic mass is 32.2. The van der Waals surface area contributed by atoms with Crippen LogP contribution in [-0.2, 0) is 20.9 Å². The van der Waals surface area contributed by atoms with Gasteiger partial charge in [0.2, 0.25) is 18.7 Å². The van der Waals surface area contributed by atoms with E-state index in [1.807, 2.05) is 35.9 Å². The van der Waals surface area contributed by atoms with E-state index in [0.717, 1.165) is 35.0 Å². The molecule has 3 aromatic rings. The highest BCUT2D eigenvalue weighted by Crippen LogP contribution is 2.41. The van der Waals surface area contributed by atoms with E-state index >= 15 is 0 Å². The first-order valence-corrected chi connectivity index (χ1v) is 14.9. The van der Waals surface area contributed by atoms with E-state index in [0.29, 0.717) is 48.0 Å². The minimum atomic E-state index is -0.188. The number of aryl methyl sites for hydroxylation is 1. The molecule has 6 N–H and O–H groups in total. The van der Waals surface area contributed by atoms with Crippen molar-refractivity contribution in [2.45, 2.75) is 50.7 Å². The monoisotopic (exact) mass is 608 g/mol. The van der Waals surface area contributed by atoms with Crippen molar-refractivity contribution < 1.29 is 14.4 Å². The van der Waals surface area contributed by atoms with Crippen molar-refractivity contribution in [3.05, 3.63) is 71.5 Å². The van der Waals surface area contributed by atoms with Crippen molar-refractivity contribution >= 4 is 41.8 Å². The third-order valence-corrected chi connectivity index (χ3v) is 7.36. The highest BCUT2D eigenvalue weighted by Gasteiger charge is 2.27. The minimum absolute atomic E-state index is 0.0748. The average molecular weight is 609 g/mol. The van der Waals surface area contributed by atoms with Gasteiger partial charge in [0.1, 0.15) is 12.4 Å². The van der Waals surface area contributed by atoms with Crippen molar-refractivity contribution in [1.29, 1.82) is 0 Å². The van der Waals surface area contributed by atoms with Gasteiger partial charge >= 0.3 is 0 Å². The molecule has 3 amide bonds. The van der Waals surface area contributed by atoms with Crippen LogP contribution < -0.4 is 27.0 Å². The zero-order valence-electron chi connectivity index (χ0n) is 25.0. The van der Waals surface area contributed by atoms with Crippen LogP contribution in [0.4, 0.5) is 5.69 Å². The largest absolute Gasteiger partial charge is 0.403 e. The molecule has 43 heavy (non-hydrogen) atoms. The Kier molecular flexibility index (Phi) is 12.4. The van der Waals surface area contributed by atoms with E-state index in [9.17, 15) is 14.4 Å². The van der Waals surface area contributed by atoms with E-state index in [2.05, 4.69) is 32.5 Å². The molecular weight excluding hydrogens is 568 g/mol. The summed E-state index contributed by atoms with van der Waals surface area (Å²) in [6.07, 6.45) is 13.0. The molecule has 0 radical (unpaired) electrons. The number of hydrogen-bond acceptors (Lipinski definition) is 10. The summed E-state index contributed by atoms with van der Waals surface area (Å²) in [6, 6.07) is 3.85. The van der Waals surface area contributed by atoms with Gasteiger partial charge in [0, 0.05) is 56.4 Å². The lowest BCUT2D eigenvalue weighted by Gasteiger charge is -2.20. The number of thioether (sulfide) groups is 1. The fourth-order valence-electron chi connectivity index (χ4n) is 3.87. The van der Waals surface area contributed by atoms with Crippen LogP contribution >= 0.6 is 11.8 Å². The Labute approximate surface area is 255 Å². The van der Waals surface area contributed by atoms with E-state index in [1.165, 1.54) is 28.5 Å². The van der Waals surface area contributed by atoms with Crippen LogP contribution in [0.2, 0.25) is 0 Å². The number of carbonyl (C=O) groups excluding carboxylic acids is 3. The molecule has 0 aromatic carbocycles. The van der Waals surface area contributed by atoms with Gasteiger partial charge in [0.25, 0.3) is 0 Å². The Bertz CT molecular complexity index is 1470. The number of nitrogens with zero attached hydrogens (tertiary/aromatic N) is 6. The maximum atomic E-state index is 12.2. The molecule has 14 heteroatoms. The predicted octanol–water partition coefficient (Wildman–Crippen LogP) is 1.99. The van der Waals surface area contributed by atoms with Gasteiger partial charge < -0.3 is 36.3 Å². The summed E-state index contributed by atoms with van der Waals surface area (Å²) >= 11 is 1.71. The second-order valence-electron chi connectivity index (χ2n) is 10.1. The predicted molar refractivity (Wildman–Crippen MR) is 168 cm³/mol. The molecule has 3 heterocycles. The zero-order chi connectivity index (χ0) is 31.4. The first-order chi connectivity index (χ1) is 20.7. The molecule has 4 rings (SSSR count). The van der Waals surface area contributed by atoms with Crippen LogP contribution in [0.5, 0.6) is 0 Å². The van der Waals surface area contributed by atoms with Crippen LogP contribution in [0.1, 0.15) is 49.1 Å². The Morgan fingerprint density at radius 3 is 2.60 bits per heavy atom. The lowest BCUT2D eigenvalue weighted by atomic mass is 10.1. The summed E-state index contributed by atoms with van der Waals surface area (Å²) < 4.78 is 1.88.